The number of fused-ring (bicyclic) bond motifs is 1. The van der Waals surface area contributed by atoms with Crippen LogP contribution < -0.4 is 4.74 Å². The molecule has 31 heavy (non-hydrogen) atoms. The quantitative estimate of drug-likeness (QED) is 0.417. The molecule has 162 valence electrons. The Morgan fingerprint density at radius 1 is 1.13 bits per heavy atom. The van der Waals surface area contributed by atoms with Gasteiger partial charge in [-0.2, -0.15) is 0 Å². The van der Waals surface area contributed by atoms with Crippen LogP contribution in [0.5, 0.6) is 5.75 Å². The van der Waals surface area contributed by atoms with E-state index in [0.29, 0.717) is 18.2 Å². The molecule has 0 N–H and O–H groups in total. The van der Waals surface area contributed by atoms with Gasteiger partial charge in [0.1, 0.15) is 10.9 Å². The summed E-state index contributed by atoms with van der Waals surface area (Å²) >= 11 is 6.54. The van der Waals surface area contributed by atoms with Gasteiger partial charge in [0.05, 0.1) is 12.6 Å². The molecule has 0 spiro atoms. The molecule has 0 atom stereocenters. The minimum atomic E-state index is 0.148. The van der Waals surface area contributed by atoms with Crippen molar-refractivity contribution in [2.75, 3.05) is 13.7 Å². The summed E-state index contributed by atoms with van der Waals surface area (Å²) in [5, 5.41) is 1.55. The number of hydrogen-bond donors (Lipinski definition) is 0. The van der Waals surface area contributed by atoms with E-state index in [0.717, 1.165) is 54.3 Å². The summed E-state index contributed by atoms with van der Waals surface area (Å²) in [6, 6.07) is 16.4. The number of pyridine rings is 1. The summed E-state index contributed by atoms with van der Waals surface area (Å²) in [7, 11) is 1.67. The molecule has 1 aromatic heterocycles. The number of ether oxygens (including phenoxy) is 1. The molecule has 2 aromatic carbocycles. The van der Waals surface area contributed by atoms with E-state index in [-0.39, 0.29) is 11.8 Å². The molecule has 3 aromatic rings. The summed E-state index contributed by atoms with van der Waals surface area (Å²) in [6.45, 7) is 3.29. The van der Waals surface area contributed by atoms with Crippen molar-refractivity contribution < 1.29 is 9.53 Å². The first-order valence-electron chi connectivity index (χ1n) is 11.1. The van der Waals surface area contributed by atoms with Crippen LogP contribution in [0.2, 0.25) is 5.15 Å². The van der Waals surface area contributed by atoms with Crippen LogP contribution in [0.3, 0.4) is 0 Å². The van der Waals surface area contributed by atoms with E-state index < -0.39 is 0 Å². The van der Waals surface area contributed by atoms with E-state index in [2.05, 4.69) is 42.2 Å². The van der Waals surface area contributed by atoms with Crippen LogP contribution >= 0.6 is 11.6 Å². The predicted molar refractivity (Wildman–Crippen MR) is 126 cm³/mol. The first kappa shape index (κ1) is 21.6. The molecule has 1 saturated carbocycles. The number of hydrogen-bond acceptors (Lipinski definition) is 3. The van der Waals surface area contributed by atoms with Crippen molar-refractivity contribution in [1.29, 1.82) is 0 Å². The van der Waals surface area contributed by atoms with Gasteiger partial charge in [0.15, 0.2) is 0 Å². The molecule has 0 saturated heterocycles. The van der Waals surface area contributed by atoms with Gasteiger partial charge in [-0.3, -0.25) is 4.79 Å². The molecule has 1 aliphatic carbocycles. The average molecular weight is 437 g/mol. The molecule has 4 rings (SSSR count). The van der Waals surface area contributed by atoms with E-state index in [1.807, 2.05) is 23.1 Å². The number of aromatic nitrogens is 1. The minimum Gasteiger partial charge on any atom is -0.497 e. The van der Waals surface area contributed by atoms with Gasteiger partial charge in [0.25, 0.3) is 0 Å². The number of rotatable bonds is 8. The van der Waals surface area contributed by atoms with Gasteiger partial charge in [-0.1, -0.05) is 43.1 Å². The van der Waals surface area contributed by atoms with Crippen LogP contribution in [0.25, 0.3) is 10.9 Å². The van der Waals surface area contributed by atoms with Crippen LogP contribution in [-0.4, -0.2) is 29.4 Å². The number of carbonyl (C=O) groups excluding carboxylic acids is 1. The van der Waals surface area contributed by atoms with Crippen molar-refractivity contribution in [1.82, 2.24) is 9.88 Å². The van der Waals surface area contributed by atoms with Gasteiger partial charge in [0, 0.05) is 30.0 Å². The number of halogens is 1. The molecular formula is C26H29ClN2O2. The van der Waals surface area contributed by atoms with Gasteiger partial charge in [-0.05, 0) is 67.1 Å². The Morgan fingerprint density at radius 3 is 2.52 bits per heavy atom. The second kappa shape index (κ2) is 9.69. The van der Waals surface area contributed by atoms with Gasteiger partial charge in [0.2, 0.25) is 5.91 Å². The van der Waals surface area contributed by atoms with Crippen LogP contribution in [0.1, 0.15) is 42.9 Å². The molecular weight excluding hydrogens is 408 g/mol. The van der Waals surface area contributed by atoms with E-state index in [1.54, 1.807) is 7.11 Å². The zero-order chi connectivity index (χ0) is 21.8. The highest BCUT2D eigenvalue weighted by molar-refractivity contribution is 6.30. The summed E-state index contributed by atoms with van der Waals surface area (Å²) in [4.78, 5) is 19.7. The van der Waals surface area contributed by atoms with Crippen molar-refractivity contribution in [3.63, 3.8) is 0 Å². The molecule has 1 aliphatic rings. The van der Waals surface area contributed by atoms with E-state index in [9.17, 15) is 4.79 Å². The van der Waals surface area contributed by atoms with Crippen molar-refractivity contribution in [2.45, 2.75) is 45.6 Å². The normalized spacial score (nSPS) is 13.8. The molecule has 5 heteroatoms. The monoisotopic (exact) mass is 436 g/mol. The Hall–Kier alpha value is -2.59. The largest absolute Gasteiger partial charge is 0.497 e. The summed E-state index contributed by atoms with van der Waals surface area (Å²) in [6.07, 6.45) is 4.88. The van der Waals surface area contributed by atoms with Crippen molar-refractivity contribution in [3.05, 3.63) is 70.4 Å². The third-order valence-corrected chi connectivity index (χ3v) is 6.60. The number of benzene rings is 2. The van der Waals surface area contributed by atoms with Gasteiger partial charge >= 0.3 is 0 Å². The standard InChI is InChI=1S/C26H29ClN2O2/c1-3-18-9-12-24-21(15-18)16-22(25(27)28-24)17-29(26(30)20-5-4-6-20)14-13-19-7-10-23(31-2)11-8-19/h7-12,15-16,20H,3-6,13-14,17H2,1-2H3. The number of nitrogens with zero attached hydrogens (tertiary/aromatic N) is 2. The molecule has 4 nitrogen and oxygen atoms in total. The van der Waals surface area contributed by atoms with Gasteiger partial charge in [-0.15, -0.1) is 0 Å². The molecule has 1 heterocycles. The Morgan fingerprint density at radius 2 is 1.87 bits per heavy atom. The fraction of sp³-hybridized carbons (Fsp3) is 0.385. The zero-order valence-corrected chi connectivity index (χ0v) is 19.0. The number of amides is 1. The van der Waals surface area contributed by atoms with Crippen LogP contribution in [-0.2, 0) is 24.2 Å². The average Bonchev–Trinajstić information content (AvgIpc) is 2.75. The number of methoxy groups -OCH3 is 1. The summed E-state index contributed by atoms with van der Waals surface area (Å²) in [5.41, 5.74) is 4.25. The second-order valence-corrected chi connectivity index (χ2v) is 8.66. The highest BCUT2D eigenvalue weighted by Crippen LogP contribution is 2.30. The lowest BCUT2D eigenvalue weighted by Crippen LogP contribution is -2.39. The Balaban J connectivity index is 1.56. The molecule has 0 unspecified atom stereocenters. The first-order chi connectivity index (χ1) is 15.1. The molecule has 1 fully saturated rings. The summed E-state index contributed by atoms with van der Waals surface area (Å²) < 4.78 is 5.24. The molecule has 0 bridgehead atoms. The lowest BCUT2D eigenvalue weighted by molar-refractivity contribution is -0.138. The molecule has 0 aliphatic heterocycles. The van der Waals surface area contributed by atoms with Crippen molar-refractivity contribution in [3.8, 4) is 5.75 Å². The maximum Gasteiger partial charge on any atom is 0.225 e. The molecule has 0 radical (unpaired) electrons. The Kier molecular flexibility index (Phi) is 6.77. The van der Waals surface area contributed by atoms with E-state index >= 15 is 0 Å². The zero-order valence-electron chi connectivity index (χ0n) is 18.2. The van der Waals surface area contributed by atoms with Crippen LogP contribution in [0.15, 0.2) is 48.5 Å². The third kappa shape index (κ3) is 5.01. The number of carbonyl (C=O) groups is 1. The highest BCUT2D eigenvalue weighted by atomic mass is 35.5. The highest BCUT2D eigenvalue weighted by Gasteiger charge is 2.29. The maximum absolute atomic E-state index is 13.2. The maximum atomic E-state index is 13.2. The van der Waals surface area contributed by atoms with Crippen molar-refractivity contribution >= 4 is 28.4 Å². The third-order valence-electron chi connectivity index (χ3n) is 6.27. The summed E-state index contributed by atoms with van der Waals surface area (Å²) in [5.74, 6) is 1.22. The smallest absolute Gasteiger partial charge is 0.225 e. The van der Waals surface area contributed by atoms with Gasteiger partial charge < -0.3 is 9.64 Å². The Labute approximate surface area is 189 Å². The topological polar surface area (TPSA) is 42.4 Å². The van der Waals surface area contributed by atoms with E-state index in [1.165, 1.54) is 11.1 Å². The Bertz CT molecular complexity index is 1060. The fourth-order valence-electron chi connectivity index (χ4n) is 4.02. The number of aryl methyl sites for hydroxylation is 1. The lowest BCUT2D eigenvalue weighted by atomic mass is 9.84. The lowest BCUT2D eigenvalue weighted by Gasteiger charge is -2.32. The minimum absolute atomic E-state index is 0.148. The van der Waals surface area contributed by atoms with Crippen molar-refractivity contribution in [2.24, 2.45) is 5.92 Å². The predicted octanol–water partition coefficient (Wildman–Crippen LogP) is 5.83. The second-order valence-electron chi connectivity index (χ2n) is 8.30. The first-order valence-corrected chi connectivity index (χ1v) is 11.4. The van der Waals surface area contributed by atoms with Crippen LogP contribution in [0, 0.1) is 5.92 Å². The van der Waals surface area contributed by atoms with E-state index in [4.69, 9.17) is 16.3 Å². The van der Waals surface area contributed by atoms with Gasteiger partial charge in [-0.25, -0.2) is 4.98 Å². The molecule has 1 amide bonds. The SMILES string of the molecule is CCc1ccc2nc(Cl)c(CN(CCc3ccc(OC)cc3)C(=O)C3CCC3)cc2c1. The van der Waals surface area contributed by atoms with Crippen LogP contribution in [0.4, 0.5) is 0 Å². The fourth-order valence-corrected chi connectivity index (χ4v) is 4.22.